The molecule has 2 bridgehead atoms. The highest BCUT2D eigenvalue weighted by atomic mass is 16.5. The summed E-state index contributed by atoms with van der Waals surface area (Å²) in [5.41, 5.74) is -0.0404. The molecule has 5 nitrogen and oxygen atoms in total. The molecule has 3 heterocycles. The van der Waals surface area contributed by atoms with Gasteiger partial charge in [0.05, 0.1) is 18.6 Å². The fraction of sp³-hybridized carbons (Fsp3) is 0.333. The number of hydrogen-bond donors (Lipinski definition) is 0. The number of carboxylic acid groups (broad SMARTS) is 1. The Morgan fingerprint density at radius 2 is 2.10 bits per heavy atom. The van der Waals surface area contributed by atoms with Gasteiger partial charge in [-0.3, -0.25) is 4.79 Å². The molecule has 4 atom stereocenters. The fourth-order valence-electron chi connectivity index (χ4n) is 3.59. The Kier molecular flexibility index (Phi) is 2.16. The third kappa shape index (κ3) is 1.30. The molecule has 4 rings (SSSR count). The number of anilines is 1. The molecule has 1 amide bonds. The van der Waals surface area contributed by atoms with E-state index < -0.39 is 29.5 Å². The molecule has 2 saturated heterocycles. The molecule has 0 radical (unpaired) electrons. The first-order valence-electron chi connectivity index (χ1n) is 6.57. The Labute approximate surface area is 115 Å². The molecule has 0 saturated carbocycles. The van der Waals surface area contributed by atoms with E-state index in [1.165, 1.54) is 0 Å². The second-order valence-corrected chi connectivity index (χ2v) is 5.48. The maximum Gasteiger partial charge on any atom is 0.234 e. The molecule has 2 fully saturated rings. The Hall–Kier alpha value is -2.14. The van der Waals surface area contributed by atoms with Gasteiger partial charge in [0.15, 0.2) is 0 Å². The summed E-state index contributed by atoms with van der Waals surface area (Å²) in [7, 11) is 0. The van der Waals surface area contributed by atoms with E-state index in [-0.39, 0.29) is 5.91 Å². The number of benzene rings is 1. The minimum Gasteiger partial charge on any atom is -0.550 e. The highest BCUT2D eigenvalue weighted by Gasteiger charge is 2.65. The summed E-state index contributed by atoms with van der Waals surface area (Å²) in [6.45, 7) is 0.358. The molecule has 1 aromatic rings. The number of nitrogens with zero attached hydrogens (tertiary/aromatic N) is 1. The Morgan fingerprint density at radius 3 is 2.80 bits per heavy atom. The first-order valence-corrected chi connectivity index (χ1v) is 6.57. The second-order valence-electron chi connectivity index (χ2n) is 5.48. The summed E-state index contributed by atoms with van der Waals surface area (Å²) in [6, 6.07) is 9.23. The summed E-state index contributed by atoms with van der Waals surface area (Å²) in [5.74, 6) is -2.98. The van der Waals surface area contributed by atoms with Crippen molar-refractivity contribution < 1.29 is 19.4 Å². The van der Waals surface area contributed by atoms with Crippen LogP contribution in [0.4, 0.5) is 5.69 Å². The van der Waals surface area contributed by atoms with Crippen LogP contribution in [0.1, 0.15) is 0 Å². The molecule has 0 unspecified atom stereocenters. The molecule has 3 aliphatic heterocycles. The van der Waals surface area contributed by atoms with Crippen molar-refractivity contribution in [3.63, 3.8) is 0 Å². The molecule has 3 aliphatic rings. The highest BCUT2D eigenvalue weighted by molar-refractivity contribution is 6.02. The Morgan fingerprint density at radius 1 is 1.35 bits per heavy atom. The third-order valence-corrected chi connectivity index (χ3v) is 4.44. The van der Waals surface area contributed by atoms with Gasteiger partial charge >= 0.3 is 0 Å². The van der Waals surface area contributed by atoms with E-state index in [1.54, 1.807) is 11.0 Å². The number of carbonyl (C=O) groups is 2. The topological polar surface area (TPSA) is 69.7 Å². The van der Waals surface area contributed by atoms with E-state index in [1.807, 2.05) is 36.4 Å². The van der Waals surface area contributed by atoms with Crippen molar-refractivity contribution in [2.75, 3.05) is 11.4 Å². The first-order chi connectivity index (χ1) is 9.62. The van der Waals surface area contributed by atoms with Gasteiger partial charge in [-0.15, -0.1) is 0 Å². The standard InChI is InChI=1S/C15H13NO4/c17-13-12-11(14(18)19)10-6-7-15(12,20-10)8-16(13)9-4-2-1-3-5-9/h1-7,10-12H,8H2,(H,18,19)/p-1/t10-,11-,12+,15-/m0/s1. The summed E-state index contributed by atoms with van der Waals surface area (Å²) in [4.78, 5) is 25.5. The lowest BCUT2D eigenvalue weighted by Gasteiger charge is -2.24. The average Bonchev–Trinajstić information content (AvgIpc) is 3.08. The van der Waals surface area contributed by atoms with E-state index in [2.05, 4.69) is 0 Å². The number of ether oxygens (including phenoxy) is 1. The van der Waals surface area contributed by atoms with Gasteiger partial charge in [-0.25, -0.2) is 0 Å². The van der Waals surface area contributed by atoms with E-state index in [4.69, 9.17) is 4.74 Å². The number of carboxylic acids is 1. The van der Waals surface area contributed by atoms with Crippen LogP contribution in [0.5, 0.6) is 0 Å². The number of aliphatic carboxylic acids is 1. The van der Waals surface area contributed by atoms with E-state index in [0.29, 0.717) is 6.54 Å². The van der Waals surface area contributed by atoms with Gasteiger partial charge in [0.1, 0.15) is 5.60 Å². The molecule has 0 N–H and O–H groups in total. The highest BCUT2D eigenvalue weighted by Crippen LogP contribution is 2.52. The number of carbonyl (C=O) groups excluding carboxylic acids is 2. The largest absolute Gasteiger partial charge is 0.550 e. The summed E-state index contributed by atoms with van der Waals surface area (Å²) in [5, 5.41) is 11.3. The van der Waals surface area contributed by atoms with Crippen LogP contribution in [0.3, 0.4) is 0 Å². The normalized spacial score (nSPS) is 37.5. The summed E-state index contributed by atoms with van der Waals surface area (Å²) in [6.07, 6.45) is 3.04. The van der Waals surface area contributed by atoms with Crippen molar-refractivity contribution in [3.8, 4) is 0 Å². The molecule has 0 aromatic heterocycles. The van der Waals surface area contributed by atoms with Crippen LogP contribution >= 0.6 is 0 Å². The minimum atomic E-state index is -1.21. The molecular weight excluding hydrogens is 258 g/mol. The number of para-hydroxylation sites is 1. The van der Waals surface area contributed by atoms with E-state index >= 15 is 0 Å². The van der Waals surface area contributed by atoms with Crippen LogP contribution < -0.4 is 10.0 Å². The van der Waals surface area contributed by atoms with Crippen LogP contribution in [0.25, 0.3) is 0 Å². The van der Waals surface area contributed by atoms with Crippen molar-refractivity contribution >= 4 is 17.6 Å². The van der Waals surface area contributed by atoms with Crippen LogP contribution in [0.2, 0.25) is 0 Å². The molecule has 20 heavy (non-hydrogen) atoms. The van der Waals surface area contributed by atoms with Crippen molar-refractivity contribution in [1.82, 2.24) is 0 Å². The smallest absolute Gasteiger partial charge is 0.234 e. The Balaban J connectivity index is 1.76. The zero-order chi connectivity index (χ0) is 13.9. The lowest BCUT2D eigenvalue weighted by atomic mass is 9.77. The molecule has 0 aliphatic carbocycles. The van der Waals surface area contributed by atoms with Gasteiger partial charge < -0.3 is 19.5 Å². The first kappa shape index (κ1) is 11.7. The maximum atomic E-state index is 12.6. The lowest BCUT2D eigenvalue weighted by Crippen LogP contribution is -2.45. The van der Waals surface area contributed by atoms with Crippen molar-refractivity contribution in [1.29, 1.82) is 0 Å². The van der Waals surface area contributed by atoms with Gasteiger partial charge in [0.25, 0.3) is 0 Å². The number of rotatable bonds is 2. The van der Waals surface area contributed by atoms with E-state index in [9.17, 15) is 14.7 Å². The number of amides is 1. The quantitative estimate of drug-likeness (QED) is 0.693. The van der Waals surface area contributed by atoms with Crippen LogP contribution in [-0.4, -0.2) is 30.1 Å². The zero-order valence-corrected chi connectivity index (χ0v) is 10.6. The van der Waals surface area contributed by atoms with Gasteiger partial charge in [-0.05, 0) is 12.1 Å². The number of fused-ring (bicyclic) bond motifs is 1. The summed E-state index contributed by atoms with van der Waals surface area (Å²) < 4.78 is 5.79. The van der Waals surface area contributed by atoms with Crippen molar-refractivity contribution in [3.05, 3.63) is 42.5 Å². The van der Waals surface area contributed by atoms with Crippen LogP contribution in [0, 0.1) is 11.8 Å². The van der Waals surface area contributed by atoms with Gasteiger partial charge in [0.2, 0.25) is 5.91 Å². The molecule has 5 heteroatoms. The van der Waals surface area contributed by atoms with Gasteiger partial charge in [-0.1, -0.05) is 30.4 Å². The van der Waals surface area contributed by atoms with Crippen molar-refractivity contribution in [2.24, 2.45) is 11.8 Å². The zero-order valence-electron chi connectivity index (χ0n) is 10.6. The molecule has 1 aromatic carbocycles. The molecular formula is C15H12NO4-. The van der Waals surface area contributed by atoms with Gasteiger partial charge in [0, 0.05) is 17.6 Å². The predicted molar refractivity (Wildman–Crippen MR) is 67.5 cm³/mol. The Bertz CT molecular complexity index is 626. The minimum absolute atomic E-state index is 0.197. The van der Waals surface area contributed by atoms with Gasteiger partial charge in [-0.2, -0.15) is 0 Å². The second kappa shape index (κ2) is 3.70. The molecule has 1 spiro atoms. The predicted octanol–water partition coefficient (Wildman–Crippen LogP) is -0.277. The monoisotopic (exact) mass is 270 g/mol. The fourth-order valence-corrected chi connectivity index (χ4v) is 3.59. The average molecular weight is 270 g/mol. The third-order valence-electron chi connectivity index (χ3n) is 4.44. The van der Waals surface area contributed by atoms with Crippen LogP contribution in [-0.2, 0) is 14.3 Å². The van der Waals surface area contributed by atoms with Crippen LogP contribution in [0.15, 0.2) is 42.5 Å². The SMILES string of the molecule is O=C([O-])[C@H]1[C@@H]2C=C[C@@]3(CN(c4ccccc4)C(=O)[C@@H]13)O2. The summed E-state index contributed by atoms with van der Waals surface area (Å²) >= 11 is 0. The van der Waals surface area contributed by atoms with E-state index in [0.717, 1.165) is 5.69 Å². The lowest BCUT2D eigenvalue weighted by molar-refractivity contribution is -0.313. The van der Waals surface area contributed by atoms with Crippen molar-refractivity contribution in [2.45, 2.75) is 11.7 Å². The number of hydrogen-bond acceptors (Lipinski definition) is 4. The molecule has 102 valence electrons. The maximum absolute atomic E-state index is 12.6.